The Morgan fingerprint density at radius 1 is 1.27 bits per heavy atom. The maximum atomic E-state index is 13.4. The monoisotopic (exact) mass is 394 g/mol. The summed E-state index contributed by atoms with van der Waals surface area (Å²) in [6.45, 7) is 0. The van der Waals surface area contributed by atoms with Gasteiger partial charge < -0.3 is 0 Å². The molecule has 1 amide bonds. The molecule has 0 aliphatic carbocycles. The second-order valence-electron chi connectivity index (χ2n) is 5.31. The number of hydrogen-bond donors (Lipinski definition) is 1. The molecule has 26 heavy (non-hydrogen) atoms. The van der Waals surface area contributed by atoms with Crippen molar-refractivity contribution in [1.29, 1.82) is 0 Å². The average Bonchev–Trinajstić information content (AvgIpc) is 3.12. The second-order valence-corrected chi connectivity index (χ2v) is 7.44. The zero-order valence-electron chi connectivity index (χ0n) is 13.1. The first-order chi connectivity index (χ1) is 12.3. The lowest BCUT2D eigenvalue weighted by Gasteiger charge is -2.08. The zero-order chi connectivity index (χ0) is 18.7. The van der Waals surface area contributed by atoms with Gasteiger partial charge in [0.2, 0.25) is 10.0 Å². The van der Waals surface area contributed by atoms with Gasteiger partial charge in [-0.3, -0.25) is 9.36 Å². The number of hydrogen-bond acceptors (Lipinski definition) is 5. The summed E-state index contributed by atoms with van der Waals surface area (Å²) in [5.74, 6) is -1.60. The Hall–Kier alpha value is -2.78. The SMILES string of the molecule is O=C(NS(=O)(=O)Cc1ccc(Cl)c(F)c1)c1ccc(-n2ccnc2)nc1. The molecule has 0 aliphatic rings. The number of sulfonamides is 1. The maximum absolute atomic E-state index is 13.4. The third-order valence-electron chi connectivity index (χ3n) is 3.37. The highest BCUT2D eigenvalue weighted by atomic mass is 35.5. The van der Waals surface area contributed by atoms with Crippen molar-refractivity contribution in [3.05, 3.63) is 77.2 Å². The topological polar surface area (TPSA) is 94.0 Å². The number of nitrogens with zero attached hydrogens (tertiary/aromatic N) is 3. The molecule has 0 radical (unpaired) electrons. The fourth-order valence-electron chi connectivity index (χ4n) is 2.15. The predicted molar refractivity (Wildman–Crippen MR) is 92.9 cm³/mol. The third-order valence-corrected chi connectivity index (χ3v) is 4.88. The minimum atomic E-state index is -4.02. The van der Waals surface area contributed by atoms with E-state index < -0.39 is 27.5 Å². The van der Waals surface area contributed by atoms with E-state index in [-0.39, 0.29) is 16.1 Å². The van der Waals surface area contributed by atoms with Crippen molar-refractivity contribution in [1.82, 2.24) is 19.3 Å². The summed E-state index contributed by atoms with van der Waals surface area (Å²) in [6.07, 6.45) is 6.05. The number of halogens is 2. The van der Waals surface area contributed by atoms with Crippen molar-refractivity contribution in [3.63, 3.8) is 0 Å². The molecule has 3 rings (SSSR count). The molecular formula is C16H12ClFN4O3S. The summed E-state index contributed by atoms with van der Waals surface area (Å²) in [7, 11) is -4.02. The average molecular weight is 395 g/mol. The van der Waals surface area contributed by atoms with Gasteiger partial charge in [-0.25, -0.2) is 27.5 Å². The molecule has 2 heterocycles. The fourth-order valence-corrected chi connectivity index (χ4v) is 3.36. The van der Waals surface area contributed by atoms with Crippen LogP contribution in [-0.2, 0) is 15.8 Å². The molecule has 134 valence electrons. The van der Waals surface area contributed by atoms with Crippen molar-refractivity contribution in [3.8, 4) is 5.82 Å². The van der Waals surface area contributed by atoms with Crippen LogP contribution < -0.4 is 4.72 Å². The highest BCUT2D eigenvalue weighted by Crippen LogP contribution is 2.17. The van der Waals surface area contributed by atoms with Crippen LogP contribution >= 0.6 is 11.6 Å². The Balaban J connectivity index is 1.70. The van der Waals surface area contributed by atoms with Gasteiger partial charge in [-0.2, -0.15) is 0 Å². The molecule has 10 heteroatoms. The number of pyridine rings is 1. The first-order valence-electron chi connectivity index (χ1n) is 7.27. The predicted octanol–water partition coefficient (Wildman–Crippen LogP) is 2.32. The quantitative estimate of drug-likeness (QED) is 0.716. The smallest absolute Gasteiger partial charge is 0.266 e. The van der Waals surface area contributed by atoms with Gasteiger partial charge >= 0.3 is 0 Å². The summed E-state index contributed by atoms with van der Waals surface area (Å²) in [6, 6.07) is 6.62. The van der Waals surface area contributed by atoms with E-state index in [0.29, 0.717) is 5.82 Å². The van der Waals surface area contributed by atoms with Gasteiger partial charge in [-0.1, -0.05) is 17.7 Å². The summed E-state index contributed by atoms with van der Waals surface area (Å²) < 4.78 is 41.2. The molecule has 0 aliphatic heterocycles. The van der Waals surface area contributed by atoms with Crippen LogP contribution in [0.25, 0.3) is 5.82 Å². The van der Waals surface area contributed by atoms with Crippen LogP contribution in [0.15, 0.2) is 55.2 Å². The van der Waals surface area contributed by atoms with E-state index in [4.69, 9.17) is 11.6 Å². The van der Waals surface area contributed by atoms with E-state index in [1.54, 1.807) is 23.0 Å². The molecule has 1 aromatic carbocycles. The number of rotatable bonds is 5. The molecule has 0 fully saturated rings. The van der Waals surface area contributed by atoms with Crippen LogP contribution in [0.5, 0.6) is 0 Å². The Morgan fingerprint density at radius 2 is 2.08 bits per heavy atom. The third kappa shape index (κ3) is 4.24. The number of nitrogens with one attached hydrogen (secondary N) is 1. The van der Waals surface area contributed by atoms with Gasteiger partial charge in [0, 0.05) is 18.6 Å². The molecule has 0 saturated heterocycles. The normalized spacial score (nSPS) is 11.3. The molecule has 2 aromatic heterocycles. The van der Waals surface area contributed by atoms with Crippen LogP contribution in [0, 0.1) is 5.82 Å². The van der Waals surface area contributed by atoms with Crippen molar-refractivity contribution >= 4 is 27.5 Å². The van der Waals surface area contributed by atoms with Crippen LogP contribution in [-0.4, -0.2) is 28.9 Å². The number of amides is 1. The Bertz CT molecular complexity index is 1040. The summed E-state index contributed by atoms with van der Waals surface area (Å²) in [5.41, 5.74) is 0.237. The molecule has 0 saturated carbocycles. The van der Waals surface area contributed by atoms with Crippen molar-refractivity contribution in [2.24, 2.45) is 0 Å². The minimum Gasteiger partial charge on any atom is -0.291 e. The highest BCUT2D eigenvalue weighted by Gasteiger charge is 2.18. The van der Waals surface area contributed by atoms with Gasteiger partial charge in [0.15, 0.2) is 0 Å². The van der Waals surface area contributed by atoms with Crippen molar-refractivity contribution < 1.29 is 17.6 Å². The molecule has 0 bridgehead atoms. The van der Waals surface area contributed by atoms with E-state index in [2.05, 4.69) is 9.97 Å². The van der Waals surface area contributed by atoms with Gasteiger partial charge in [-0.05, 0) is 29.8 Å². The molecule has 1 N–H and O–H groups in total. The van der Waals surface area contributed by atoms with Crippen LogP contribution in [0.2, 0.25) is 5.02 Å². The molecular weight excluding hydrogens is 383 g/mol. The van der Waals surface area contributed by atoms with Gasteiger partial charge in [0.05, 0.1) is 16.3 Å². The number of aromatic nitrogens is 3. The number of benzene rings is 1. The van der Waals surface area contributed by atoms with Gasteiger partial charge in [0.1, 0.15) is 18.0 Å². The first-order valence-corrected chi connectivity index (χ1v) is 9.30. The van der Waals surface area contributed by atoms with E-state index in [0.717, 1.165) is 6.07 Å². The van der Waals surface area contributed by atoms with E-state index in [1.807, 2.05) is 4.72 Å². The van der Waals surface area contributed by atoms with Gasteiger partial charge in [0.25, 0.3) is 5.91 Å². The number of carbonyl (C=O) groups excluding carboxylic acids is 1. The maximum Gasteiger partial charge on any atom is 0.266 e. The first kappa shape index (κ1) is 18.0. The Kier molecular flexibility index (Phi) is 5.01. The highest BCUT2D eigenvalue weighted by molar-refractivity contribution is 7.89. The Labute approximate surface area is 153 Å². The van der Waals surface area contributed by atoms with Crippen molar-refractivity contribution in [2.75, 3.05) is 0 Å². The lowest BCUT2D eigenvalue weighted by molar-refractivity contribution is 0.0981. The molecule has 7 nitrogen and oxygen atoms in total. The number of carbonyl (C=O) groups is 1. The Morgan fingerprint density at radius 3 is 2.69 bits per heavy atom. The summed E-state index contributed by atoms with van der Waals surface area (Å²) in [4.78, 5) is 20.1. The van der Waals surface area contributed by atoms with E-state index in [1.165, 1.54) is 30.7 Å². The fraction of sp³-hybridized carbons (Fsp3) is 0.0625. The number of imidazole rings is 1. The molecule has 3 aromatic rings. The van der Waals surface area contributed by atoms with Gasteiger partial charge in [-0.15, -0.1) is 0 Å². The van der Waals surface area contributed by atoms with Crippen LogP contribution in [0.3, 0.4) is 0 Å². The molecule has 0 unspecified atom stereocenters. The van der Waals surface area contributed by atoms with Crippen LogP contribution in [0.4, 0.5) is 4.39 Å². The summed E-state index contributed by atoms with van der Waals surface area (Å²) in [5, 5.41) is -0.112. The molecule has 0 atom stereocenters. The molecule has 0 spiro atoms. The second kappa shape index (κ2) is 7.22. The lowest BCUT2D eigenvalue weighted by Crippen LogP contribution is -2.31. The largest absolute Gasteiger partial charge is 0.291 e. The van der Waals surface area contributed by atoms with Crippen LogP contribution in [0.1, 0.15) is 15.9 Å². The zero-order valence-corrected chi connectivity index (χ0v) is 14.7. The van der Waals surface area contributed by atoms with E-state index in [9.17, 15) is 17.6 Å². The summed E-state index contributed by atoms with van der Waals surface area (Å²) >= 11 is 5.56. The van der Waals surface area contributed by atoms with Crippen molar-refractivity contribution in [2.45, 2.75) is 5.75 Å². The lowest BCUT2D eigenvalue weighted by atomic mass is 10.2. The minimum absolute atomic E-state index is 0.0692. The standard InChI is InChI=1S/C16H12ClFN4O3S/c17-13-3-1-11(7-14(13)18)9-26(24,25)21-16(23)12-2-4-15(20-8-12)22-6-5-19-10-22/h1-8,10H,9H2,(H,21,23). The van der Waals surface area contributed by atoms with E-state index >= 15 is 0 Å².